The fraction of sp³-hybridized carbons (Fsp3) is 0.333. The number of rotatable bonds is 3. The van der Waals surface area contributed by atoms with Gasteiger partial charge in [-0.25, -0.2) is 4.98 Å². The summed E-state index contributed by atoms with van der Waals surface area (Å²) < 4.78 is 1.48. The molecule has 14 heavy (non-hydrogen) atoms. The highest BCUT2D eigenvalue weighted by atomic mass is 32.1. The molecule has 4 nitrogen and oxygen atoms in total. The first-order valence-electron chi connectivity index (χ1n) is 4.52. The number of aromatic nitrogens is 3. The van der Waals surface area contributed by atoms with E-state index in [0.29, 0.717) is 5.13 Å². The SMILES string of the molecule is CCCc1cc(=O)n(-c2nccs2)[nH]1. The molecule has 5 heteroatoms. The molecule has 0 amide bonds. The van der Waals surface area contributed by atoms with Crippen LogP contribution in [0.1, 0.15) is 19.0 Å². The zero-order chi connectivity index (χ0) is 9.97. The molecule has 2 rings (SSSR count). The van der Waals surface area contributed by atoms with Crippen molar-refractivity contribution in [2.75, 3.05) is 0 Å². The summed E-state index contributed by atoms with van der Waals surface area (Å²) in [5.41, 5.74) is 0.927. The minimum atomic E-state index is -0.0385. The second kappa shape index (κ2) is 3.79. The van der Waals surface area contributed by atoms with Crippen LogP contribution < -0.4 is 5.56 Å². The molecule has 0 aromatic carbocycles. The Morgan fingerprint density at radius 3 is 3.14 bits per heavy atom. The average molecular weight is 209 g/mol. The first-order chi connectivity index (χ1) is 6.81. The summed E-state index contributed by atoms with van der Waals surface area (Å²) in [5, 5.41) is 5.58. The van der Waals surface area contributed by atoms with E-state index in [2.05, 4.69) is 17.0 Å². The maximum atomic E-state index is 11.5. The van der Waals surface area contributed by atoms with E-state index in [0.717, 1.165) is 18.5 Å². The molecule has 2 heterocycles. The Labute approximate surface area is 85.2 Å². The molecule has 0 atom stereocenters. The third kappa shape index (κ3) is 1.63. The van der Waals surface area contributed by atoms with Gasteiger partial charge < -0.3 is 0 Å². The first-order valence-corrected chi connectivity index (χ1v) is 5.40. The van der Waals surface area contributed by atoms with Gasteiger partial charge >= 0.3 is 0 Å². The monoisotopic (exact) mass is 209 g/mol. The summed E-state index contributed by atoms with van der Waals surface area (Å²) >= 11 is 1.44. The Morgan fingerprint density at radius 2 is 2.50 bits per heavy atom. The van der Waals surface area contributed by atoms with E-state index in [-0.39, 0.29) is 5.56 Å². The molecular formula is C9H11N3OS. The molecule has 1 N–H and O–H groups in total. The minimum Gasteiger partial charge on any atom is -0.293 e. The van der Waals surface area contributed by atoms with Gasteiger partial charge in [-0.15, -0.1) is 11.3 Å². The molecule has 2 aromatic heterocycles. The highest BCUT2D eigenvalue weighted by molar-refractivity contribution is 7.12. The molecule has 2 aromatic rings. The Bertz CT molecular complexity index is 455. The van der Waals surface area contributed by atoms with E-state index in [1.807, 2.05) is 5.38 Å². The van der Waals surface area contributed by atoms with Crippen LogP contribution in [-0.2, 0) is 6.42 Å². The van der Waals surface area contributed by atoms with E-state index < -0.39 is 0 Å². The topological polar surface area (TPSA) is 50.7 Å². The maximum Gasteiger partial charge on any atom is 0.273 e. The van der Waals surface area contributed by atoms with E-state index in [1.54, 1.807) is 12.3 Å². The van der Waals surface area contributed by atoms with Crippen LogP contribution in [0.15, 0.2) is 22.4 Å². The molecule has 0 aliphatic rings. The van der Waals surface area contributed by atoms with Gasteiger partial charge in [0.2, 0.25) is 5.13 Å². The molecule has 0 bridgehead atoms. The van der Waals surface area contributed by atoms with Crippen molar-refractivity contribution in [3.8, 4) is 5.13 Å². The summed E-state index contributed by atoms with van der Waals surface area (Å²) in [6, 6.07) is 1.63. The normalized spacial score (nSPS) is 10.6. The molecule has 0 fully saturated rings. The number of hydrogen-bond donors (Lipinski definition) is 1. The van der Waals surface area contributed by atoms with Crippen LogP contribution in [-0.4, -0.2) is 14.8 Å². The fourth-order valence-electron chi connectivity index (χ4n) is 1.31. The largest absolute Gasteiger partial charge is 0.293 e. The van der Waals surface area contributed by atoms with Crippen molar-refractivity contribution in [2.24, 2.45) is 0 Å². The van der Waals surface area contributed by atoms with Gasteiger partial charge in [0.05, 0.1) is 0 Å². The van der Waals surface area contributed by atoms with Gasteiger partial charge in [-0.05, 0) is 6.42 Å². The summed E-state index contributed by atoms with van der Waals surface area (Å²) in [6.07, 6.45) is 3.61. The van der Waals surface area contributed by atoms with Crippen LogP contribution in [0.25, 0.3) is 5.13 Å². The van der Waals surface area contributed by atoms with E-state index >= 15 is 0 Å². The standard InChI is InChI=1S/C9H11N3OS/c1-2-3-7-6-8(13)12(11-7)9-10-4-5-14-9/h4-6,11H,2-3H2,1H3. The van der Waals surface area contributed by atoms with Gasteiger partial charge in [-0.3, -0.25) is 9.89 Å². The summed E-state index contributed by atoms with van der Waals surface area (Å²) in [5.74, 6) is 0. The molecule has 0 saturated heterocycles. The van der Waals surface area contributed by atoms with Crippen molar-refractivity contribution in [3.05, 3.63) is 33.7 Å². The van der Waals surface area contributed by atoms with Gasteiger partial charge in [0.25, 0.3) is 5.56 Å². The maximum absolute atomic E-state index is 11.5. The van der Waals surface area contributed by atoms with Crippen LogP contribution in [0.3, 0.4) is 0 Å². The quantitative estimate of drug-likeness (QED) is 0.834. The van der Waals surface area contributed by atoms with Gasteiger partial charge in [-0.1, -0.05) is 13.3 Å². The predicted octanol–water partition coefficient (Wildman–Crippen LogP) is 1.57. The van der Waals surface area contributed by atoms with Gasteiger partial charge in [0.1, 0.15) is 0 Å². The second-order valence-electron chi connectivity index (χ2n) is 3.02. The third-order valence-corrected chi connectivity index (χ3v) is 2.66. The number of nitrogens with zero attached hydrogens (tertiary/aromatic N) is 2. The number of thiazole rings is 1. The molecule has 0 aliphatic carbocycles. The lowest BCUT2D eigenvalue weighted by molar-refractivity contribution is 0.788. The number of H-pyrrole nitrogens is 1. The van der Waals surface area contributed by atoms with Crippen molar-refractivity contribution >= 4 is 11.3 Å². The van der Waals surface area contributed by atoms with E-state index in [1.165, 1.54) is 16.0 Å². The lowest BCUT2D eigenvalue weighted by Crippen LogP contribution is -2.12. The van der Waals surface area contributed by atoms with Crippen molar-refractivity contribution in [1.82, 2.24) is 14.8 Å². The van der Waals surface area contributed by atoms with Crippen LogP contribution >= 0.6 is 11.3 Å². The van der Waals surface area contributed by atoms with E-state index in [4.69, 9.17) is 0 Å². The average Bonchev–Trinajstić information content (AvgIpc) is 2.74. The predicted molar refractivity (Wildman–Crippen MR) is 56.1 cm³/mol. The highest BCUT2D eigenvalue weighted by Gasteiger charge is 2.05. The smallest absolute Gasteiger partial charge is 0.273 e. The lowest BCUT2D eigenvalue weighted by atomic mass is 10.3. The van der Waals surface area contributed by atoms with Crippen molar-refractivity contribution in [1.29, 1.82) is 0 Å². The zero-order valence-electron chi connectivity index (χ0n) is 7.86. The highest BCUT2D eigenvalue weighted by Crippen LogP contribution is 2.08. The number of hydrogen-bond acceptors (Lipinski definition) is 3. The molecular weight excluding hydrogens is 198 g/mol. The summed E-state index contributed by atoms with van der Waals surface area (Å²) in [6.45, 7) is 2.08. The van der Waals surface area contributed by atoms with Gasteiger partial charge in [0.15, 0.2) is 0 Å². The lowest BCUT2D eigenvalue weighted by Gasteiger charge is -1.94. The molecule has 0 radical (unpaired) electrons. The molecule has 0 saturated carbocycles. The third-order valence-electron chi connectivity index (χ3n) is 1.90. The second-order valence-corrected chi connectivity index (χ2v) is 3.89. The Hall–Kier alpha value is -1.36. The van der Waals surface area contributed by atoms with Crippen molar-refractivity contribution in [3.63, 3.8) is 0 Å². The number of aromatic amines is 1. The fourth-order valence-corrected chi connectivity index (χ4v) is 1.92. The van der Waals surface area contributed by atoms with E-state index in [9.17, 15) is 4.79 Å². The van der Waals surface area contributed by atoms with Gasteiger partial charge in [-0.2, -0.15) is 4.68 Å². The summed E-state index contributed by atoms with van der Waals surface area (Å²) in [7, 11) is 0. The summed E-state index contributed by atoms with van der Waals surface area (Å²) in [4.78, 5) is 15.6. The van der Waals surface area contributed by atoms with Crippen molar-refractivity contribution < 1.29 is 0 Å². The van der Waals surface area contributed by atoms with Crippen LogP contribution in [0.5, 0.6) is 0 Å². The zero-order valence-corrected chi connectivity index (χ0v) is 8.67. The Kier molecular flexibility index (Phi) is 2.49. The molecule has 0 spiro atoms. The van der Waals surface area contributed by atoms with Crippen molar-refractivity contribution in [2.45, 2.75) is 19.8 Å². The van der Waals surface area contributed by atoms with Crippen LogP contribution in [0, 0.1) is 0 Å². The minimum absolute atomic E-state index is 0.0385. The van der Waals surface area contributed by atoms with Crippen LogP contribution in [0.2, 0.25) is 0 Å². The first kappa shape index (κ1) is 9.21. The molecule has 0 unspecified atom stereocenters. The number of nitrogens with one attached hydrogen (secondary N) is 1. The van der Waals surface area contributed by atoms with Gasteiger partial charge in [0, 0.05) is 23.3 Å². The Balaban J connectivity index is 2.40. The Morgan fingerprint density at radius 1 is 1.64 bits per heavy atom. The molecule has 74 valence electrons. The van der Waals surface area contributed by atoms with Crippen LogP contribution in [0.4, 0.5) is 0 Å². The number of aryl methyl sites for hydroxylation is 1. The molecule has 0 aliphatic heterocycles.